The van der Waals surface area contributed by atoms with Gasteiger partial charge in [0.1, 0.15) is 0 Å². The first kappa shape index (κ1) is 13.8. The van der Waals surface area contributed by atoms with Gasteiger partial charge in [0.15, 0.2) is 5.82 Å². The summed E-state index contributed by atoms with van der Waals surface area (Å²) < 4.78 is 1.99. The fourth-order valence-electron chi connectivity index (χ4n) is 2.28. The first-order chi connectivity index (χ1) is 8.81. The number of aromatic nitrogens is 4. The second-order valence-corrected chi connectivity index (χ2v) is 6.18. The molecule has 102 valence electrons. The van der Waals surface area contributed by atoms with E-state index >= 15 is 0 Å². The highest BCUT2D eigenvalue weighted by atomic mass is 32.2. The van der Waals surface area contributed by atoms with Gasteiger partial charge in [0.05, 0.1) is 6.04 Å². The number of hydrogen-bond acceptors (Lipinski definition) is 5. The molecule has 1 aliphatic heterocycles. The van der Waals surface area contributed by atoms with Crippen molar-refractivity contribution in [2.24, 2.45) is 5.92 Å². The molecule has 2 heterocycles. The number of rotatable bonds is 6. The number of nitrogens with one attached hydrogen (secondary N) is 1. The van der Waals surface area contributed by atoms with Crippen LogP contribution in [0.4, 0.5) is 0 Å². The molecule has 18 heavy (non-hydrogen) atoms. The summed E-state index contributed by atoms with van der Waals surface area (Å²) >= 11 is 2.06. The molecule has 1 fully saturated rings. The number of thioether (sulfide) groups is 1. The van der Waals surface area contributed by atoms with Crippen LogP contribution in [-0.2, 0) is 6.54 Å². The van der Waals surface area contributed by atoms with Crippen molar-refractivity contribution >= 4 is 11.8 Å². The Hall–Kier alpha value is -0.620. The van der Waals surface area contributed by atoms with Crippen LogP contribution in [0.15, 0.2) is 0 Å². The Morgan fingerprint density at radius 3 is 2.94 bits per heavy atom. The monoisotopic (exact) mass is 269 g/mol. The van der Waals surface area contributed by atoms with Crippen molar-refractivity contribution in [1.29, 1.82) is 0 Å². The minimum absolute atomic E-state index is 0.234. The molecule has 0 amide bonds. The molecule has 0 bridgehead atoms. The van der Waals surface area contributed by atoms with Gasteiger partial charge in [-0.2, -0.15) is 11.8 Å². The van der Waals surface area contributed by atoms with Crippen molar-refractivity contribution in [3.8, 4) is 0 Å². The summed E-state index contributed by atoms with van der Waals surface area (Å²) in [4.78, 5) is 0. The lowest BCUT2D eigenvalue weighted by Gasteiger charge is -2.22. The van der Waals surface area contributed by atoms with Gasteiger partial charge in [-0.3, -0.25) is 0 Å². The van der Waals surface area contributed by atoms with E-state index in [1.54, 1.807) is 0 Å². The summed E-state index contributed by atoms with van der Waals surface area (Å²) in [5.74, 6) is 4.28. The van der Waals surface area contributed by atoms with Crippen LogP contribution in [0, 0.1) is 5.92 Å². The molecule has 1 unspecified atom stereocenters. The van der Waals surface area contributed by atoms with Crippen molar-refractivity contribution in [2.45, 2.75) is 45.7 Å². The van der Waals surface area contributed by atoms with Crippen LogP contribution in [0.1, 0.15) is 45.0 Å². The van der Waals surface area contributed by atoms with E-state index in [1.807, 2.05) is 4.68 Å². The molecule has 5 nitrogen and oxygen atoms in total. The Labute approximate surface area is 113 Å². The number of tetrazole rings is 1. The molecule has 0 spiro atoms. The smallest absolute Gasteiger partial charge is 0.167 e. The third-order valence-corrected chi connectivity index (χ3v) is 4.47. The highest BCUT2D eigenvalue weighted by molar-refractivity contribution is 7.99. The van der Waals surface area contributed by atoms with E-state index < -0.39 is 0 Å². The van der Waals surface area contributed by atoms with Crippen LogP contribution in [0.2, 0.25) is 0 Å². The third kappa shape index (κ3) is 3.68. The van der Waals surface area contributed by atoms with Gasteiger partial charge in [0.2, 0.25) is 0 Å². The molecule has 2 rings (SSSR count). The predicted molar refractivity (Wildman–Crippen MR) is 74.6 cm³/mol. The van der Waals surface area contributed by atoms with Crippen LogP contribution in [0.5, 0.6) is 0 Å². The topological polar surface area (TPSA) is 55.6 Å². The van der Waals surface area contributed by atoms with Crippen LogP contribution >= 0.6 is 11.8 Å². The first-order valence-electron chi connectivity index (χ1n) is 6.88. The van der Waals surface area contributed by atoms with Crippen LogP contribution in [-0.4, -0.2) is 38.3 Å². The predicted octanol–water partition coefficient (Wildman–Crippen LogP) is 1.88. The van der Waals surface area contributed by atoms with Crippen molar-refractivity contribution in [3.63, 3.8) is 0 Å². The molecule has 6 heteroatoms. The summed E-state index contributed by atoms with van der Waals surface area (Å²) in [5, 5.41) is 15.6. The molecule has 1 saturated heterocycles. The molecule has 1 atom stereocenters. The standard InChI is InChI=1S/C12H23N5S/c1-3-6-13-10(2)12-14-15-16-17(12)9-11-4-7-18-8-5-11/h10-11,13H,3-9H2,1-2H3. The van der Waals surface area contributed by atoms with Crippen molar-refractivity contribution in [3.05, 3.63) is 5.82 Å². The summed E-state index contributed by atoms with van der Waals surface area (Å²) in [5.41, 5.74) is 0. The van der Waals surface area contributed by atoms with Gasteiger partial charge in [-0.25, -0.2) is 4.68 Å². The van der Waals surface area contributed by atoms with Crippen LogP contribution in [0.25, 0.3) is 0 Å². The molecular formula is C12H23N5S. The molecule has 0 saturated carbocycles. The largest absolute Gasteiger partial charge is 0.307 e. The zero-order valence-corrected chi connectivity index (χ0v) is 12.1. The van der Waals surface area contributed by atoms with E-state index in [4.69, 9.17) is 0 Å². The number of hydrogen-bond donors (Lipinski definition) is 1. The lowest BCUT2D eigenvalue weighted by Crippen LogP contribution is -2.25. The normalized spacial score (nSPS) is 19.0. The van der Waals surface area contributed by atoms with E-state index in [2.05, 4.69) is 46.5 Å². The van der Waals surface area contributed by atoms with E-state index in [0.717, 1.165) is 31.3 Å². The maximum Gasteiger partial charge on any atom is 0.167 e. The first-order valence-corrected chi connectivity index (χ1v) is 8.04. The van der Waals surface area contributed by atoms with Crippen molar-refractivity contribution in [2.75, 3.05) is 18.1 Å². The van der Waals surface area contributed by atoms with Crippen molar-refractivity contribution < 1.29 is 0 Å². The summed E-state index contributed by atoms with van der Waals surface area (Å²) in [6.45, 7) is 6.28. The second kappa shape index (κ2) is 7.09. The SMILES string of the molecule is CCCNC(C)c1nnnn1CC1CCSCC1. The van der Waals surface area contributed by atoms with Gasteiger partial charge in [0, 0.05) is 6.54 Å². The number of nitrogens with zero attached hydrogens (tertiary/aromatic N) is 4. The fourth-order valence-corrected chi connectivity index (χ4v) is 3.48. The lowest BCUT2D eigenvalue weighted by atomic mass is 10.0. The second-order valence-electron chi connectivity index (χ2n) is 4.95. The Kier molecular flexibility index (Phi) is 5.44. The van der Waals surface area contributed by atoms with E-state index in [0.29, 0.717) is 0 Å². The van der Waals surface area contributed by atoms with Gasteiger partial charge >= 0.3 is 0 Å². The summed E-state index contributed by atoms with van der Waals surface area (Å²) in [7, 11) is 0. The Morgan fingerprint density at radius 2 is 2.22 bits per heavy atom. The lowest BCUT2D eigenvalue weighted by molar-refractivity contribution is 0.370. The maximum atomic E-state index is 4.17. The Balaban J connectivity index is 1.93. The van der Waals surface area contributed by atoms with E-state index in [-0.39, 0.29) is 6.04 Å². The van der Waals surface area contributed by atoms with Gasteiger partial charge < -0.3 is 5.32 Å². The van der Waals surface area contributed by atoms with E-state index in [9.17, 15) is 0 Å². The molecule has 1 aliphatic rings. The molecule has 1 aromatic heterocycles. The van der Waals surface area contributed by atoms with Crippen LogP contribution < -0.4 is 5.32 Å². The highest BCUT2D eigenvalue weighted by Crippen LogP contribution is 2.24. The van der Waals surface area contributed by atoms with Gasteiger partial charge in [-0.05, 0) is 60.6 Å². The molecule has 1 aromatic rings. The van der Waals surface area contributed by atoms with E-state index in [1.165, 1.54) is 24.3 Å². The quantitative estimate of drug-likeness (QED) is 0.854. The average Bonchev–Trinajstić information content (AvgIpc) is 2.85. The van der Waals surface area contributed by atoms with Gasteiger partial charge in [-0.1, -0.05) is 6.92 Å². The molecule has 0 radical (unpaired) electrons. The molecule has 0 aromatic carbocycles. The average molecular weight is 269 g/mol. The summed E-state index contributed by atoms with van der Waals surface area (Å²) in [6.07, 6.45) is 3.72. The molecule has 0 aliphatic carbocycles. The zero-order valence-electron chi connectivity index (χ0n) is 11.3. The van der Waals surface area contributed by atoms with Gasteiger partial charge in [-0.15, -0.1) is 5.10 Å². The zero-order chi connectivity index (χ0) is 12.8. The van der Waals surface area contributed by atoms with Crippen LogP contribution in [0.3, 0.4) is 0 Å². The summed E-state index contributed by atoms with van der Waals surface area (Å²) in [6, 6.07) is 0.234. The van der Waals surface area contributed by atoms with Gasteiger partial charge in [0.25, 0.3) is 0 Å². The Bertz CT molecular complexity index is 348. The minimum atomic E-state index is 0.234. The maximum absolute atomic E-state index is 4.17. The molecular weight excluding hydrogens is 246 g/mol. The van der Waals surface area contributed by atoms with Crippen molar-refractivity contribution in [1.82, 2.24) is 25.5 Å². The molecule has 1 N–H and O–H groups in total. The minimum Gasteiger partial charge on any atom is -0.307 e. The fraction of sp³-hybridized carbons (Fsp3) is 0.917. The third-order valence-electron chi connectivity index (χ3n) is 3.42. The Morgan fingerprint density at radius 1 is 1.44 bits per heavy atom. The highest BCUT2D eigenvalue weighted by Gasteiger charge is 2.19.